The monoisotopic (exact) mass is 561 g/mol. The summed E-state index contributed by atoms with van der Waals surface area (Å²) >= 11 is 0. The Labute approximate surface area is 243 Å². The van der Waals surface area contributed by atoms with Crippen LogP contribution in [0.25, 0.3) is 0 Å². The maximum Gasteiger partial charge on any atom is 0.192 e. The van der Waals surface area contributed by atoms with E-state index in [1.807, 2.05) is 13.8 Å². The van der Waals surface area contributed by atoms with Crippen LogP contribution < -0.4 is 5.32 Å². The summed E-state index contributed by atoms with van der Waals surface area (Å²) in [5, 5.41) is 3.92. The van der Waals surface area contributed by atoms with Crippen LogP contribution in [-0.2, 0) is 20.4 Å². The first kappa shape index (κ1) is 34.5. The number of nitrogens with one attached hydrogen (secondary N) is 1. The molecule has 1 fully saturated rings. The fourth-order valence-electron chi connectivity index (χ4n) is 5.22. The molecular weight excluding hydrogens is 498 g/mol. The highest BCUT2D eigenvalue weighted by atomic mass is 28.4. The summed E-state index contributed by atoms with van der Waals surface area (Å²) in [6.07, 6.45) is 17.5. The largest absolute Gasteiger partial charge is 0.411 e. The summed E-state index contributed by atoms with van der Waals surface area (Å²) in [5.74, 6) is -0.596. The molecule has 0 saturated carbocycles. The van der Waals surface area contributed by atoms with Crippen molar-refractivity contribution >= 4 is 8.32 Å². The third-order valence-electron chi connectivity index (χ3n) is 8.80. The van der Waals surface area contributed by atoms with Crippen molar-refractivity contribution in [1.82, 2.24) is 5.32 Å². The lowest BCUT2D eigenvalue weighted by Crippen LogP contribution is -2.61. The van der Waals surface area contributed by atoms with E-state index in [4.69, 9.17) is 13.9 Å². The van der Waals surface area contributed by atoms with Crippen molar-refractivity contribution in [1.29, 1.82) is 0 Å². The molecule has 39 heavy (non-hydrogen) atoms. The minimum absolute atomic E-state index is 0.0284. The number of rotatable bonds is 19. The van der Waals surface area contributed by atoms with Crippen LogP contribution in [0.15, 0.2) is 30.3 Å². The fourth-order valence-corrected chi connectivity index (χ4v) is 6.58. The lowest BCUT2D eigenvalue weighted by Gasteiger charge is -2.48. The van der Waals surface area contributed by atoms with Crippen molar-refractivity contribution in [3.63, 3.8) is 0 Å². The van der Waals surface area contributed by atoms with E-state index in [9.17, 15) is 0 Å². The van der Waals surface area contributed by atoms with Gasteiger partial charge in [-0.15, -0.1) is 0 Å². The predicted octanol–water partition coefficient (Wildman–Crippen LogP) is 9.78. The summed E-state index contributed by atoms with van der Waals surface area (Å²) in [7, 11) is -1.97. The van der Waals surface area contributed by atoms with Gasteiger partial charge in [0.25, 0.3) is 0 Å². The topological polar surface area (TPSA) is 39.7 Å². The highest BCUT2D eigenvalue weighted by molar-refractivity contribution is 6.74. The molecular formula is C34H63NO3Si. The van der Waals surface area contributed by atoms with E-state index in [0.717, 1.165) is 13.0 Å². The Morgan fingerprint density at radius 3 is 1.97 bits per heavy atom. The Balaban J connectivity index is 1.93. The summed E-state index contributed by atoms with van der Waals surface area (Å²) in [5.41, 5.74) is 1.28. The highest BCUT2D eigenvalue weighted by Gasteiger charge is 2.45. The molecule has 0 spiro atoms. The standard InChI is InChI=1S/C34H63NO3Si/c1-9-10-11-12-13-14-15-16-17-18-19-23-26-31(38-39(7,8)33(2,3)4)32-30(28-36-34(5,6)37-32)35-27-29-24-21-20-22-25-29/h20-22,24-25,30-32,35H,9-19,23,26-28H2,1-8H3/t30-,31-,32+/m0/s1. The zero-order chi connectivity index (χ0) is 28.8. The quantitative estimate of drug-likeness (QED) is 0.135. The first-order valence-electron chi connectivity index (χ1n) is 16.2. The van der Waals surface area contributed by atoms with E-state index in [0.29, 0.717) is 6.61 Å². The van der Waals surface area contributed by atoms with Crippen LogP contribution in [0.2, 0.25) is 18.1 Å². The van der Waals surface area contributed by atoms with Gasteiger partial charge in [0.05, 0.1) is 18.8 Å². The van der Waals surface area contributed by atoms with Crippen LogP contribution in [0.5, 0.6) is 0 Å². The van der Waals surface area contributed by atoms with Crippen LogP contribution >= 0.6 is 0 Å². The lowest BCUT2D eigenvalue weighted by atomic mass is 9.97. The van der Waals surface area contributed by atoms with Gasteiger partial charge in [-0.3, -0.25) is 0 Å². The van der Waals surface area contributed by atoms with Gasteiger partial charge in [-0.1, -0.05) is 135 Å². The minimum atomic E-state index is -1.97. The van der Waals surface area contributed by atoms with Gasteiger partial charge < -0.3 is 19.2 Å². The van der Waals surface area contributed by atoms with Crippen LogP contribution in [-0.4, -0.2) is 39.0 Å². The molecule has 0 bridgehead atoms. The van der Waals surface area contributed by atoms with Crippen molar-refractivity contribution in [3.8, 4) is 0 Å². The molecule has 2 rings (SSSR count). The SMILES string of the molecule is CCCCCCCCCCCCCC[C@H](O[Si](C)(C)C(C)(C)C)[C@@H]1OC(C)(C)OC[C@@H]1NCc1ccccc1. The first-order chi connectivity index (χ1) is 18.5. The molecule has 1 aliphatic rings. The molecule has 1 aromatic rings. The molecule has 4 nitrogen and oxygen atoms in total. The second-order valence-corrected chi connectivity index (χ2v) is 18.6. The Hall–Kier alpha value is -0.723. The van der Waals surface area contributed by atoms with Crippen molar-refractivity contribution < 1.29 is 13.9 Å². The third kappa shape index (κ3) is 13.2. The van der Waals surface area contributed by atoms with Crippen LogP contribution in [0, 0.1) is 0 Å². The van der Waals surface area contributed by atoms with E-state index < -0.39 is 14.1 Å². The second kappa shape index (κ2) is 17.3. The molecule has 0 aromatic heterocycles. The zero-order valence-electron chi connectivity index (χ0n) is 27.0. The normalized spacial score (nSPS) is 20.7. The average molecular weight is 562 g/mol. The van der Waals surface area contributed by atoms with Gasteiger partial charge >= 0.3 is 0 Å². The van der Waals surface area contributed by atoms with E-state index in [1.165, 1.54) is 82.6 Å². The van der Waals surface area contributed by atoms with Gasteiger partial charge in [-0.25, -0.2) is 0 Å². The molecule has 3 atom stereocenters. The number of hydrogen-bond acceptors (Lipinski definition) is 4. The fraction of sp³-hybridized carbons (Fsp3) is 0.824. The van der Waals surface area contributed by atoms with Gasteiger partial charge in [0.15, 0.2) is 14.1 Å². The third-order valence-corrected chi connectivity index (χ3v) is 13.3. The average Bonchev–Trinajstić information content (AvgIpc) is 2.87. The van der Waals surface area contributed by atoms with Gasteiger partial charge in [0.2, 0.25) is 0 Å². The molecule has 0 amide bonds. The molecule has 1 aliphatic heterocycles. The summed E-state index contributed by atoms with van der Waals surface area (Å²) in [6, 6.07) is 10.7. The molecule has 1 N–H and O–H groups in total. The van der Waals surface area contributed by atoms with Crippen molar-refractivity contribution in [2.45, 2.75) is 174 Å². The zero-order valence-corrected chi connectivity index (χ0v) is 28.0. The molecule has 1 aromatic carbocycles. The van der Waals surface area contributed by atoms with Crippen molar-refractivity contribution in [2.75, 3.05) is 6.61 Å². The van der Waals surface area contributed by atoms with Crippen molar-refractivity contribution in [3.05, 3.63) is 35.9 Å². The van der Waals surface area contributed by atoms with E-state index >= 15 is 0 Å². The van der Waals surface area contributed by atoms with Crippen molar-refractivity contribution in [2.24, 2.45) is 0 Å². The Morgan fingerprint density at radius 1 is 0.897 bits per heavy atom. The Bertz CT molecular complexity index is 761. The highest BCUT2D eigenvalue weighted by Crippen LogP contribution is 2.39. The number of ether oxygens (including phenoxy) is 2. The minimum Gasteiger partial charge on any atom is -0.411 e. The van der Waals surface area contributed by atoms with Crippen LogP contribution in [0.4, 0.5) is 0 Å². The van der Waals surface area contributed by atoms with E-state index in [1.54, 1.807) is 0 Å². The van der Waals surface area contributed by atoms with E-state index in [-0.39, 0.29) is 23.3 Å². The maximum atomic E-state index is 7.14. The molecule has 1 heterocycles. The Kier molecular flexibility index (Phi) is 15.3. The Morgan fingerprint density at radius 2 is 1.44 bits per heavy atom. The summed E-state index contributed by atoms with van der Waals surface area (Å²) in [4.78, 5) is 0. The van der Waals surface area contributed by atoms with Gasteiger partial charge in [0.1, 0.15) is 6.10 Å². The van der Waals surface area contributed by atoms with Gasteiger partial charge in [-0.2, -0.15) is 0 Å². The van der Waals surface area contributed by atoms with Gasteiger partial charge in [0, 0.05) is 6.54 Å². The number of unbranched alkanes of at least 4 members (excludes halogenated alkanes) is 11. The summed E-state index contributed by atoms with van der Waals surface area (Å²) in [6.45, 7) is 19.6. The smallest absolute Gasteiger partial charge is 0.192 e. The second-order valence-electron chi connectivity index (χ2n) is 13.9. The van der Waals surface area contributed by atoms with Gasteiger partial charge in [-0.05, 0) is 44.0 Å². The van der Waals surface area contributed by atoms with Crippen LogP contribution in [0.1, 0.15) is 131 Å². The van der Waals surface area contributed by atoms with E-state index in [2.05, 4.69) is 76.4 Å². The number of benzene rings is 1. The molecule has 0 aliphatic carbocycles. The van der Waals surface area contributed by atoms with Crippen LogP contribution in [0.3, 0.4) is 0 Å². The predicted molar refractivity (Wildman–Crippen MR) is 170 cm³/mol. The molecule has 226 valence electrons. The first-order valence-corrected chi connectivity index (χ1v) is 19.1. The summed E-state index contributed by atoms with van der Waals surface area (Å²) < 4.78 is 19.9. The maximum absolute atomic E-state index is 7.14. The molecule has 5 heteroatoms. The molecule has 1 saturated heterocycles. The molecule has 0 unspecified atom stereocenters. The lowest BCUT2D eigenvalue weighted by molar-refractivity contribution is -0.297. The molecule has 0 radical (unpaired) electrons. The number of hydrogen-bond donors (Lipinski definition) is 1.